The molecule has 5 heteroatoms. The minimum Gasteiger partial charge on any atom is -0.497 e. The van der Waals surface area contributed by atoms with Gasteiger partial charge in [-0.2, -0.15) is 0 Å². The zero-order valence-electron chi connectivity index (χ0n) is 16.4. The summed E-state index contributed by atoms with van der Waals surface area (Å²) in [6.45, 7) is 0.367. The fourth-order valence-electron chi connectivity index (χ4n) is 3.51. The van der Waals surface area contributed by atoms with Crippen LogP contribution in [0.15, 0.2) is 83.3 Å². The number of methoxy groups -OCH3 is 1. The Balaban J connectivity index is 1.37. The van der Waals surface area contributed by atoms with E-state index in [9.17, 15) is 4.79 Å². The highest BCUT2D eigenvalue weighted by atomic mass is 16.6. The molecule has 1 aliphatic rings. The largest absolute Gasteiger partial charge is 0.497 e. The number of benzene rings is 3. The zero-order valence-corrected chi connectivity index (χ0v) is 16.4. The predicted molar refractivity (Wildman–Crippen MR) is 112 cm³/mol. The first kappa shape index (κ1) is 18.5. The van der Waals surface area contributed by atoms with E-state index in [0.717, 1.165) is 16.5 Å². The summed E-state index contributed by atoms with van der Waals surface area (Å²) in [5, 5.41) is 0.988. The summed E-state index contributed by atoms with van der Waals surface area (Å²) in [5.74, 6) is 1.60. The molecule has 0 amide bonds. The van der Waals surface area contributed by atoms with Crippen molar-refractivity contribution in [1.29, 1.82) is 0 Å². The zero-order chi connectivity index (χ0) is 20.5. The lowest BCUT2D eigenvalue weighted by Gasteiger charge is -2.12. The Morgan fingerprint density at radius 1 is 0.967 bits per heavy atom. The van der Waals surface area contributed by atoms with Gasteiger partial charge in [0.05, 0.1) is 12.7 Å². The molecule has 1 saturated heterocycles. The summed E-state index contributed by atoms with van der Waals surface area (Å²) < 4.78 is 22.8. The van der Waals surface area contributed by atoms with E-state index in [2.05, 4.69) is 0 Å². The Morgan fingerprint density at radius 2 is 1.77 bits per heavy atom. The first-order valence-electron chi connectivity index (χ1n) is 9.76. The van der Waals surface area contributed by atoms with E-state index in [-0.39, 0.29) is 5.78 Å². The third-order valence-corrected chi connectivity index (χ3v) is 5.16. The number of carbonyl (C=O) groups is 1. The van der Waals surface area contributed by atoms with Crippen molar-refractivity contribution in [3.05, 3.63) is 95.7 Å². The second-order valence-corrected chi connectivity index (χ2v) is 7.16. The van der Waals surface area contributed by atoms with Crippen LogP contribution in [0, 0.1) is 0 Å². The van der Waals surface area contributed by atoms with Crippen molar-refractivity contribution >= 4 is 16.8 Å². The van der Waals surface area contributed by atoms with Crippen molar-refractivity contribution in [3.63, 3.8) is 0 Å². The topological polar surface area (TPSA) is 61.2 Å². The second kappa shape index (κ2) is 7.69. The average Bonchev–Trinajstić information content (AvgIpc) is 3.48. The van der Waals surface area contributed by atoms with E-state index in [4.69, 9.17) is 18.6 Å². The highest BCUT2D eigenvalue weighted by molar-refractivity contribution is 6.04. The molecule has 2 heterocycles. The third-order valence-electron chi connectivity index (χ3n) is 5.16. The van der Waals surface area contributed by atoms with Crippen molar-refractivity contribution in [2.75, 3.05) is 7.11 Å². The molecule has 0 N–H and O–H groups in total. The van der Waals surface area contributed by atoms with Crippen molar-refractivity contribution in [2.45, 2.75) is 18.8 Å². The van der Waals surface area contributed by atoms with Gasteiger partial charge in [0.2, 0.25) is 0 Å². The van der Waals surface area contributed by atoms with Gasteiger partial charge in [-0.05, 0) is 35.9 Å². The summed E-state index contributed by atoms with van der Waals surface area (Å²) in [5.41, 5.74) is 2.24. The predicted octanol–water partition coefficient (Wildman–Crippen LogP) is 5.34. The lowest BCUT2D eigenvalue weighted by Crippen LogP contribution is -2.11. The van der Waals surface area contributed by atoms with Crippen LogP contribution in [-0.2, 0) is 11.3 Å². The van der Waals surface area contributed by atoms with Crippen molar-refractivity contribution in [3.8, 4) is 11.5 Å². The van der Waals surface area contributed by atoms with Crippen LogP contribution >= 0.6 is 0 Å². The molecule has 150 valence electrons. The summed E-state index contributed by atoms with van der Waals surface area (Å²) >= 11 is 0. The summed E-state index contributed by atoms with van der Waals surface area (Å²) in [7, 11) is 1.57. The number of Topliss-reactive ketones (excluding diaryl/α,β-unsaturated/α-hetero) is 1. The van der Waals surface area contributed by atoms with Gasteiger partial charge >= 0.3 is 0 Å². The summed E-state index contributed by atoms with van der Waals surface area (Å²) in [6.07, 6.45) is -0.991. The fraction of sp³-hybridized carbons (Fsp3) is 0.160. The maximum absolute atomic E-state index is 13.2. The first-order chi connectivity index (χ1) is 14.7. The average molecular weight is 400 g/mol. The van der Waals surface area contributed by atoms with Crippen LogP contribution in [0.3, 0.4) is 0 Å². The van der Waals surface area contributed by atoms with Crippen LogP contribution in [-0.4, -0.2) is 19.0 Å². The van der Waals surface area contributed by atoms with Gasteiger partial charge in [0.25, 0.3) is 0 Å². The number of rotatable bonds is 7. The van der Waals surface area contributed by atoms with Gasteiger partial charge in [-0.15, -0.1) is 0 Å². The van der Waals surface area contributed by atoms with Crippen molar-refractivity contribution < 1.29 is 23.4 Å². The Hall–Kier alpha value is -3.57. The minimum absolute atomic E-state index is 0.151. The molecule has 1 fully saturated rings. The molecule has 2 atom stereocenters. The van der Waals surface area contributed by atoms with Crippen LogP contribution in [0.1, 0.15) is 27.8 Å². The van der Waals surface area contributed by atoms with E-state index in [1.165, 1.54) is 0 Å². The number of ketones is 1. The number of hydrogen-bond acceptors (Lipinski definition) is 5. The van der Waals surface area contributed by atoms with Gasteiger partial charge in [-0.1, -0.05) is 48.5 Å². The Morgan fingerprint density at radius 3 is 2.57 bits per heavy atom. The maximum atomic E-state index is 13.2. The first-order valence-corrected chi connectivity index (χ1v) is 9.76. The van der Waals surface area contributed by atoms with Crippen molar-refractivity contribution in [2.24, 2.45) is 0 Å². The SMILES string of the molecule is COc1ccc(OCc2ccccc2)c(C(=O)[C@H]2O[C@H]2c2cc3ccccc3o2)c1. The molecule has 0 unspecified atom stereocenters. The number of epoxide rings is 1. The number of furan rings is 1. The third kappa shape index (κ3) is 3.55. The van der Waals surface area contributed by atoms with Gasteiger partial charge in [-0.25, -0.2) is 0 Å². The molecule has 3 aromatic carbocycles. The molecule has 5 nitrogen and oxygen atoms in total. The van der Waals surface area contributed by atoms with E-state index in [1.54, 1.807) is 25.3 Å². The van der Waals surface area contributed by atoms with Crippen LogP contribution in [0.25, 0.3) is 11.0 Å². The van der Waals surface area contributed by atoms with Gasteiger partial charge in [0.1, 0.15) is 35.6 Å². The van der Waals surface area contributed by atoms with E-state index >= 15 is 0 Å². The highest BCUT2D eigenvalue weighted by Crippen LogP contribution is 2.44. The quantitative estimate of drug-likeness (QED) is 0.309. The van der Waals surface area contributed by atoms with Crippen LogP contribution in [0.5, 0.6) is 11.5 Å². The second-order valence-electron chi connectivity index (χ2n) is 7.16. The molecule has 0 spiro atoms. The Kier molecular flexibility index (Phi) is 4.73. The smallest absolute Gasteiger partial charge is 0.198 e. The van der Waals surface area contributed by atoms with Crippen LogP contribution in [0.2, 0.25) is 0 Å². The molecule has 30 heavy (non-hydrogen) atoms. The van der Waals surface area contributed by atoms with Crippen LogP contribution < -0.4 is 9.47 Å². The molecule has 1 aliphatic heterocycles. The molecule has 0 bridgehead atoms. The number of carbonyl (C=O) groups excluding carboxylic acids is 1. The Bertz CT molecular complexity index is 1160. The number of para-hydroxylation sites is 1. The number of fused-ring (bicyclic) bond motifs is 1. The number of hydrogen-bond donors (Lipinski definition) is 0. The van der Waals surface area contributed by atoms with Crippen LogP contribution in [0.4, 0.5) is 0 Å². The van der Waals surface area contributed by atoms with E-state index in [1.807, 2.05) is 60.7 Å². The fourth-order valence-corrected chi connectivity index (χ4v) is 3.51. The van der Waals surface area contributed by atoms with Crippen molar-refractivity contribution in [1.82, 2.24) is 0 Å². The highest BCUT2D eigenvalue weighted by Gasteiger charge is 2.49. The van der Waals surface area contributed by atoms with E-state index < -0.39 is 12.2 Å². The normalized spacial score (nSPS) is 17.6. The molecule has 0 aliphatic carbocycles. The monoisotopic (exact) mass is 400 g/mol. The minimum atomic E-state index is -0.600. The molecular weight excluding hydrogens is 380 g/mol. The summed E-state index contributed by atoms with van der Waals surface area (Å²) in [6, 6.07) is 24.7. The van der Waals surface area contributed by atoms with Gasteiger partial charge in [-0.3, -0.25) is 4.79 Å². The molecule has 1 aromatic heterocycles. The molecular formula is C25H20O5. The molecule has 4 aromatic rings. The van der Waals surface area contributed by atoms with Gasteiger partial charge in [0, 0.05) is 5.39 Å². The van der Waals surface area contributed by atoms with E-state index in [0.29, 0.717) is 29.4 Å². The molecule has 0 radical (unpaired) electrons. The van der Waals surface area contributed by atoms with Gasteiger partial charge in [0.15, 0.2) is 11.9 Å². The lowest BCUT2D eigenvalue weighted by atomic mass is 10.0. The summed E-state index contributed by atoms with van der Waals surface area (Å²) in [4.78, 5) is 13.2. The lowest BCUT2D eigenvalue weighted by molar-refractivity contribution is 0.0949. The molecule has 0 saturated carbocycles. The Labute approximate surface area is 173 Å². The standard InChI is InChI=1S/C25H20O5/c1-27-18-11-12-21(28-15-16-7-3-2-4-8-16)19(14-18)23(26)25-24(30-25)22-13-17-9-5-6-10-20(17)29-22/h2-14,24-25H,15H2,1H3/t24-,25+/m0/s1. The van der Waals surface area contributed by atoms with Gasteiger partial charge < -0.3 is 18.6 Å². The number of ether oxygens (including phenoxy) is 3. The maximum Gasteiger partial charge on any atom is 0.198 e. The molecule has 5 rings (SSSR count).